The van der Waals surface area contributed by atoms with Crippen molar-refractivity contribution >= 4 is 0 Å². The van der Waals surface area contributed by atoms with Gasteiger partial charge in [-0.1, -0.05) is 31.2 Å². The van der Waals surface area contributed by atoms with Gasteiger partial charge in [-0.3, -0.25) is 0 Å². The average molecular weight is 321 g/mol. The fraction of sp³-hybridized carbons (Fsp3) is 0.333. The largest absolute Gasteiger partial charge is 0.451 e. The van der Waals surface area contributed by atoms with Crippen molar-refractivity contribution in [2.24, 2.45) is 0 Å². The quantitative estimate of drug-likeness (QED) is 0.804. The van der Waals surface area contributed by atoms with Crippen LogP contribution >= 0.6 is 0 Å². The molecule has 0 fully saturated rings. The number of aliphatic hydroxyl groups excluding tert-OH is 1. The summed E-state index contributed by atoms with van der Waals surface area (Å²) in [5.41, 5.74) is 0.320. The van der Waals surface area contributed by atoms with Gasteiger partial charge in [0.2, 0.25) is 0 Å². The molecule has 0 amide bonds. The minimum absolute atomic E-state index is 0.0628. The monoisotopic (exact) mass is 321 g/mol. The smallest absolute Gasteiger partial charge is 0.198 e. The van der Waals surface area contributed by atoms with E-state index in [0.29, 0.717) is 17.7 Å². The predicted octanol–water partition coefficient (Wildman–Crippen LogP) is 4.18. The summed E-state index contributed by atoms with van der Waals surface area (Å²) in [5.74, 6) is -1.52. The number of para-hydroxylation sites is 1. The van der Waals surface area contributed by atoms with Crippen LogP contribution in [0.15, 0.2) is 42.5 Å². The number of benzene rings is 2. The Balaban J connectivity index is 2.33. The van der Waals surface area contributed by atoms with Crippen molar-refractivity contribution < 1.29 is 18.6 Å². The maximum atomic E-state index is 14.7. The lowest BCUT2D eigenvalue weighted by molar-refractivity contribution is 0.238. The first-order valence-corrected chi connectivity index (χ1v) is 7.64. The van der Waals surface area contributed by atoms with Gasteiger partial charge >= 0.3 is 0 Å². The highest BCUT2D eigenvalue weighted by atomic mass is 19.1. The molecule has 2 aromatic rings. The van der Waals surface area contributed by atoms with Gasteiger partial charge in [0, 0.05) is 17.6 Å². The second-order valence-electron chi connectivity index (χ2n) is 5.41. The molecule has 0 saturated heterocycles. The Hall–Kier alpha value is -1.98. The van der Waals surface area contributed by atoms with Gasteiger partial charge in [-0.25, -0.2) is 8.78 Å². The molecule has 0 aliphatic heterocycles. The normalized spacial score (nSPS) is 13.6. The van der Waals surface area contributed by atoms with Crippen LogP contribution in [0.1, 0.15) is 31.9 Å². The second kappa shape index (κ2) is 8.04. The van der Waals surface area contributed by atoms with Crippen LogP contribution in [0.3, 0.4) is 0 Å². The van der Waals surface area contributed by atoms with E-state index in [1.165, 1.54) is 12.1 Å². The predicted molar refractivity (Wildman–Crippen MR) is 85.6 cm³/mol. The van der Waals surface area contributed by atoms with Crippen LogP contribution in [0.25, 0.3) is 0 Å². The Morgan fingerprint density at radius 3 is 2.43 bits per heavy atom. The molecular formula is C18H21F2NO2. The van der Waals surface area contributed by atoms with E-state index in [0.717, 1.165) is 0 Å². The molecule has 0 spiro atoms. The Kier molecular flexibility index (Phi) is 6.07. The van der Waals surface area contributed by atoms with Crippen LogP contribution in [0.5, 0.6) is 11.5 Å². The lowest BCUT2D eigenvalue weighted by atomic mass is 10.0. The van der Waals surface area contributed by atoms with E-state index >= 15 is 0 Å². The van der Waals surface area contributed by atoms with Gasteiger partial charge in [-0.2, -0.15) is 0 Å². The molecule has 0 saturated carbocycles. The SMILES string of the molecule is CC[C@H](N[C@H](C)CO)c1ccc(F)c(Oc2ccccc2)c1F. The number of hydrogen-bond donors (Lipinski definition) is 2. The standard InChI is InChI=1S/C18H21F2NO2/c1-3-16(21-12(2)11-22)14-9-10-15(19)18(17(14)20)23-13-7-5-4-6-8-13/h4-10,12,16,21-22H,3,11H2,1-2H3/t12-,16+/m1/s1. The summed E-state index contributed by atoms with van der Waals surface area (Å²) in [4.78, 5) is 0. The molecule has 5 heteroatoms. The maximum Gasteiger partial charge on any atom is 0.198 e. The fourth-order valence-corrected chi connectivity index (χ4v) is 2.34. The first-order valence-electron chi connectivity index (χ1n) is 7.64. The molecule has 23 heavy (non-hydrogen) atoms. The molecule has 0 aliphatic carbocycles. The molecule has 0 unspecified atom stereocenters. The Labute approximate surface area is 134 Å². The van der Waals surface area contributed by atoms with E-state index in [4.69, 9.17) is 9.84 Å². The number of nitrogens with one attached hydrogen (secondary N) is 1. The highest BCUT2D eigenvalue weighted by Gasteiger charge is 2.22. The summed E-state index contributed by atoms with van der Waals surface area (Å²) in [6.07, 6.45) is 0.595. The number of rotatable bonds is 7. The third kappa shape index (κ3) is 4.27. The van der Waals surface area contributed by atoms with Crippen LogP contribution in [0, 0.1) is 11.6 Å². The van der Waals surface area contributed by atoms with Crippen molar-refractivity contribution in [3.05, 3.63) is 59.7 Å². The number of hydrogen-bond acceptors (Lipinski definition) is 3. The molecule has 0 bridgehead atoms. The summed E-state index contributed by atoms with van der Waals surface area (Å²) >= 11 is 0. The summed E-state index contributed by atoms with van der Waals surface area (Å²) < 4.78 is 34.1. The Morgan fingerprint density at radius 2 is 1.83 bits per heavy atom. The van der Waals surface area contributed by atoms with E-state index < -0.39 is 17.4 Å². The Morgan fingerprint density at radius 1 is 1.13 bits per heavy atom. The molecule has 2 rings (SSSR count). The highest BCUT2D eigenvalue weighted by Crippen LogP contribution is 2.33. The molecular weight excluding hydrogens is 300 g/mol. The van der Waals surface area contributed by atoms with Crippen molar-refractivity contribution in [1.29, 1.82) is 0 Å². The Bertz CT molecular complexity index is 634. The number of halogens is 2. The van der Waals surface area contributed by atoms with Crippen molar-refractivity contribution in [1.82, 2.24) is 5.32 Å². The molecule has 2 aromatic carbocycles. The van der Waals surface area contributed by atoms with Gasteiger partial charge in [-0.15, -0.1) is 0 Å². The van der Waals surface area contributed by atoms with Gasteiger partial charge in [0.05, 0.1) is 6.61 Å². The van der Waals surface area contributed by atoms with E-state index in [-0.39, 0.29) is 18.7 Å². The second-order valence-corrected chi connectivity index (χ2v) is 5.41. The highest BCUT2D eigenvalue weighted by molar-refractivity contribution is 5.38. The fourth-order valence-electron chi connectivity index (χ4n) is 2.34. The van der Waals surface area contributed by atoms with Gasteiger partial charge in [0.25, 0.3) is 0 Å². The molecule has 0 aromatic heterocycles. The maximum absolute atomic E-state index is 14.7. The van der Waals surface area contributed by atoms with Crippen LogP contribution in [0.4, 0.5) is 8.78 Å². The van der Waals surface area contributed by atoms with Gasteiger partial charge in [0.1, 0.15) is 5.75 Å². The van der Waals surface area contributed by atoms with E-state index in [1.54, 1.807) is 37.3 Å². The zero-order valence-corrected chi connectivity index (χ0v) is 13.2. The molecule has 3 nitrogen and oxygen atoms in total. The zero-order chi connectivity index (χ0) is 16.8. The lowest BCUT2D eigenvalue weighted by Gasteiger charge is -2.22. The number of ether oxygens (including phenoxy) is 1. The van der Waals surface area contributed by atoms with Crippen molar-refractivity contribution in [3.63, 3.8) is 0 Å². The topological polar surface area (TPSA) is 41.5 Å². The van der Waals surface area contributed by atoms with Crippen LogP contribution in [-0.2, 0) is 0 Å². The van der Waals surface area contributed by atoms with E-state index in [1.807, 2.05) is 6.92 Å². The molecule has 2 atom stereocenters. The van der Waals surface area contributed by atoms with Crippen LogP contribution < -0.4 is 10.1 Å². The minimum atomic E-state index is -0.750. The average Bonchev–Trinajstić information content (AvgIpc) is 2.57. The summed E-state index contributed by atoms with van der Waals surface area (Å²) in [7, 11) is 0. The molecule has 0 heterocycles. The third-order valence-corrected chi connectivity index (χ3v) is 3.59. The molecule has 124 valence electrons. The van der Waals surface area contributed by atoms with Gasteiger partial charge < -0.3 is 15.2 Å². The third-order valence-electron chi connectivity index (χ3n) is 3.59. The lowest BCUT2D eigenvalue weighted by Crippen LogP contribution is -2.33. The molecule has 0 aliphatic rings. The van der Waals surface area contributed by atoms with Gasteiger partial charge in [0.15, 0.2) is 17.4 Å². The zero-order valence-electron chi connectivity index (χ0n) is 13.2. The molecule has 2 N–H and O–H groups in total. The van der Waals surface area contributed by atoms with Crippen LogP contribution in [-0.4, -0.2) is 17.8 Å². The molecule has 0 radical (unpaired) electrons. The van der Waals surface area contributed by atoms with E-state index in [2.05, 4.69) is 5.32 Å². The van der Waals surface area contributed by atoms with Crippen molar-refractivity contribution in [2.75, 3.05) is 6.61 Å². The van der Waals surface area contributed by atoms with Gasteiger partial charge in [-0.05, 0) is 31.5 Å². The van der Waals surface area contributed by atoms with Crippen LogP contribution in [0.2, 0.25) is 0 Å². The first-order chi connectivity index (χ1) is 11.1. The summed E-state index contributed by atoms with van der Waals surface area (Å²) in [6, 6.07) is 10.6. The summed E-state index contributed by atoms with van der Waals surface area (Å²) in [6.45, 7) is 3.63. The van der Waals surface area contributed by atoms with E-state index in [9.17, 15) is 8.78 Å². The number of aliphatic hydroxyl groups is 1. The van der Waals surface area contributed by atoms with Crippen molar-refractivity contribution in [2.45, 2.75) is 32.4 Å². The van der Waals surface area contributed by atoms with Crippen molar-refractivity contribution in [3.8, 4) is 11.5 Å². The minimum Gasteiger partial charge on any atom is -0.451 e. The first kappa shape index (κ1) is 17.4. The summed E-state index contributed by atoms with van der Waals surface area (Å²) in [5, 5.41) is 12.3.